The molecule has 3 aromatic carbocycles. The third-order valence-electron chi connectivity index (χ3n) is 8.37. The lowest BCUT2D eigenvalue weighted by atomic mass is 9.63. The summed E-state index contributed by atoms with van der Waals surface area (Å²) < 4.78 is 9.01. The standard InChI is InChI=1S/C32H34NO/c1-19-14-20(2)29(26-17-24-25(18-33(26)7)32(5,6)13-12-31(24,3)4)30-28(19)23-15-21-10-8-9-11-22(21)16-27(23)34-30/h8-11,14-18H,12-13H2,1-7H3/q+1. The van der Waals surface area contributed by atoms with E-state index in [1.807, 2.05) is 0 Å². The molecule has 1 aliphatic rings. The molecule has 172 valence electrons. The topological polar surface area (TPSA) is 17.0 Å². The number of fused-ring (bicyclic) bond motifs is 5. The Balaban J connectivity index is 1.71. The molecule has 34 heavy (non-hydrogen) atoms. The maximum atomic E-state index is 6.69. The molecule has 0 N–H and O–H groups in total. The van der Waals surface area contributed by atoms with E-state index in [1.165, 1.54) is 67.9 Å². The lowest BCUT2D eigenvalue weighted by Crippen LogP contribution is -2.40. The number of pyridine rings is 1. The normalized spacial score (nSPS) is 16.9. The number of aromatic nitrogens is 1. The third kappa shape index (κ3) is 2.97. The summed E-state index contributed by atoms with van der Waals surface area (Å²) in [5, 5.41) is 4.91. The van der Waals surface area contributed by atoms with Gasteiger partial charge >= 0.3 is 0 Å². The summed E-state index contributed by atoms with van der Waals surface area (Å²) in [7, 11) is 2.19. The number of furan rings is 1. The summed E-state index contributed by atoms with van der Waals surface area (Å²) in [6, 6.07) is 17.8. The van der Waals surface area contributed by atoms with Gasteiger partial charge in [0.1, 0.15) is 18.2 Å². The number of rotatable bonds is 1. The van der Waals surface area contributed by atoms with Gasteiger partial charge < -0.3 is 4.42 Å². The highest BCUT2D eigenvalue weighted by atomic mass is 16.3. The fraction of sp³-hybridized carbons (Fsp3) is 0.344. The van der Waals surface area contributed by atoms with Crippen molar-refractivity contribution in [3.8, 4) is 11.3 Å². The molecule has 0 radical (unpaired) electrons. The third-order valence-corrected chi connectivity index (χ3v) is 8.37. The molecule has 0 saturated carbocycles. The second-order valence-electron chi connectivity index (χ2n) is 11.8. The van der Waals surface area contributed by atoms with Gasteiger partial charge in [-0.2, -0.15) is 0 Å². The molecule has 0 unspecified atom stereocenters. The molecule has 2 heteroatoms. The van der Waals surface area contributed by atoms with Crippen molar-refractivity contribution >= 4 is 32.7 Å². The highest BCUT2D eigenvalue weighted by molar-refractivity contribution is 6.14. The van der Waals surface area contributed by atoms with E-state index in [4.69, 9.17) is 4.42 Å². The highest BCUT2D eigenvalue weighted by Crippen LogP contribution is 2.47. The number of aryl methyl sites for hydroxylation is 3. The Morgan fingerprint density at radius 3 is 2.15 bits per heavy atom. The van der Waals surface area contributed by atoms with Crippen molar-refractivity contribution in [1.29, 1.82) is 0 Å². The minimum absolute atomic E-state index is 0.164. The first-order valence-corrected chi connectivity index (χ1v) is 12.5. The molecule has 0 amide bonds. The van der Waals surface area contributed by atoms with Crippen molar-refractivity contribution in [1.82, 2.24) is 0 Å². The van der Waals surface area contributed by atoms with Crippen LogP contribution in [0, 0.1) is 13.8 Å². The van der Waals surface area contributed by atoms with Gasteiger partial charge in [0.2, 0.25) is 5.69 Å². The van der Waals surface area contributed by atoms with Gasteiger partial charge in [-0.3, -0.25) is 0 Å². The lowest BCUT2D eigenvalue weighted by Gasteiger charge is -2.40. The van der Waals surface area contributed by atoms with Crippen molar-refractivity contribution in [2.75, 3.05) is 0 Å². The van der Waals surface area contributed by atoms with Gasteiger partial charge in [-0.25, -0.2) is 4.57 Å². The Kier molecular flexibility index (Phi) is 4.37. The minimum Gasteiger partial charge on any atom is -0.455 e. The molecular weight excluding hydrogens is 414 g/mol. The zero-order chi connectivity index (χ0) is 24.0. The van der Waals surface area contributed by atoms with Crippen molar-refractivity contribution in [2.24, 2.45) is 7.05 Å². The van der Waals surface area contributed by atoms with Gasteiger partial charge in [0.25, 0.3) is 0 Å². The number of hydrogen-bond donors (Lipinski definition) is 0. The van der Waals surface area contributed by atoms with E-state index in [0.29, 0.717) is 0 Å². The van der Waals surface area contributed by atoms with E-state index < -0.39 is 0 Å². The van der Waals surface area contributed by atoms with Crippen molar-refractivity contribution in [3.05, 3.63) is 77.0 Å². The molecule has 5 aromatic rings. The summed E-state index contributed by atoms with van der Waals surface area (Å²) in [4.78, 5) is 0. The summed E-state index contributed by atoms with van der Waals surface area (Å²) in [6.45, 7) is 14.0. The van der Waals surface area contributed by atoms with Crippen LogP contribution in [0.3, 0.4) is 0 Å². The van der Waals surface area contributed by atoms with Crippen LogP contribution in [-0.4, -0.2) is 0 Å². The summed E-state index contributed by atoms with van der Waals surface area (Å²) in [6.07, 6.45) is 4.81. The van der Waals surface area contributed by atoms with E-state index >= 15 is 0 Å². The maximum absolute atomic E-state index is 6.69. The number of benzene rings is 3. The van der Waals surface area contributed by atoms with Gasteiger partial charge in [0.15, 0.2) is 6.20 Å². The minimum atomic E-state index is 0.164. The van der Waals surface area contributed by atoms with Crippen LogP contribution in [0.15, 0.2) is 59.1 Å². The second-order valence-corrected chi connectivity index (χ2v) is 11.8. The average Bonchev–Trinajstić information content (AvgIpc) is 3.14. The molecule has 0 atom stereocenters. The van der Waals surface area contributed by atoms with Gasteiger partial charge in [-0.15, -0.1) is 0 Å². The Labute approximate surface area is 202 Å². The quantitative estimate of drug-likeness (QED) is 0.236. The van der Waals surface area contributed by atoms with Crippen LogP contribution >= 0.6 is 0 Å². The Morgan fingerprint density at radius 2 is 1.44 bits per heavy atom. The van der Waals surface area contributed by atoms with Crippen LogP contribution < -0.4 is 4.57 Å². The molecule has 1 aliphatic carbocycles. The summed E-state index contributed by atoms with van der Waals surface area (Å²) in [5.74, 6) is 0. The predicted octanol–water partition coefficient (Wildman–Crippen LogP) is 8.20. The molecule has 2 heterocycles. The predicted molar refractivity (Wildman–Crippen MR) is 143 cm³/mol. The van der Waals surface area contributed by atoms with Gasteiger partial charge in [-0.1, -0.05) is 58.0 Å². The van der Waals surface area contributed by atoms with E-state index in [1.54, 1.807) is 0 Å². The lowest BCUT2D eigenvalue weighted by molar-refractivity contribution is -0.661. The first-order valence-electron chi connectivity index (χ1n) is 12.5. The Bertz CT molecular complexity index is 1630. The Hall–Kier alpha value is -3.13. The van der Waals surface area contributed by atoms with E-state index in [9.17, 15) is 0 Å². The smallest absolute Gasteiger partial charge is 0.216 e. The van der Waals surface area contributed by atoms with Crippen LogP contribution in [0.5, 0.6) is 0 Å². The fourth-order valence-electron chi connectivity index (χ4n) is 6.21. The van der Waals surface area contributed by atoms with Crippen LogP contribution in [0.1, 0.15) is 62.8 Å². The van der Waals surface area contributed by atoms with Crippen LogP contribution in [-0.2, 0) is 17.9 Å². The SMILES string of the molecule is Cc1cc(C)c2c(oc3cc4ccccc4cc32)c1-c1cc2c(c[n+]1C)C(C)(C)CCC2(C)C. The molecule has 0 saturated heterocycles. The largest absolute Gasteiger partial charge is 0.455 e. The van der Waals surface area contributed by atoms with Gasteiger partial charge in [0, 0.05) is 22.4 Å². The monoisotopic (exact) mass is 448 g/mol. The van der Waals surface area contributed by atoms with Gasteiger partial charge in [0.05, 0.1) is 5.56 Å². The van der Waals surface area contributed by atoms with Crippen LogP contribution in [0.4, 0.5) is 0 Å². The molecule has 2 nitrogen and oxygen atoms in total. The molecule has 2 aromatic heterocycles. The number of hydrogen-bond acceptors (Lipinski definition) is 1. The average molecular weight is 449 g/mol. The summed E-state index contributed by atoms with van der Waals surface area (Å²) >= 11 is 0. The summed E-state index contributed by atoms with van der Waals surface area (Å²) in [5.41, 5.74) is 10.3. The Morgan fingerprint density at radius 1 is 0.794 bits per heavy atom. The fourth-order valence-corrected chi connectivity index (χ4v) is 6.21. The van der Waals surface area contributed by atoms with Crippen molar-refractivity contribution < 1.29 is 8.98 Å². The zero-order valence-electron chi connectivity index (χ0n) is 21.5. The van der Waals surface area contributed by atoms with Crippen LogP contribution in [0.2, 0.25) is 0 Å². The molecule has 0 fully saturated rings. The highest BCUT2D eigenvalue weighted by Gasteiger charge is 2.40. The number of nitrogens with zero attached hydrogens (tertiary/aromatic N) is 1. The zero-order valence-corrected chi connectivity index (χ0v) is 21.5. The molecule has 0 aliphatic heterocycles. The van der Waals surface area contributed by atoms with Gasteiger partial charge in [-0.05, 0) is 77.1 Å². The van der Waals surface area contributed by atoms with E-state index in [-0.39, 0.29) is 10.8 Å². The molecule has 0 spiro atoms. The molecular formula is C32H34NO+. The second kappa shape index (κ2) is 6.95. The first-order chi connectivity index (χ1) is 16.1. The maximum Gasteiger partial charge on any atom is 0.216 e. The van der Waals surface area contributed by atoms with E-state index in [2.05, 4.69) is 108 Å². The van der Waals surface area contributed by atoms with Crippen molar-refractivity contribution in [2.45, 2.75) is 65.2 Å². The van der Waals surface area contributed by atoms with E-state index in [0.717, 1.165) is 11.2 Å². The molecule has 0 bridgehead atoms. The first kappa shape index (κ1) is 21.4. The van der Waals surface area contributed by atoms with Crippen molar-refractivity contribution in [3.63, 3.8) is 0 Å². The van der Waals surface area contributed by atoms with Crippen LogP contribution in [0.25, 0.3) is 44.0 Å². The molecule has 6 rings (SSSR count).